The normalized spacial score (nSPS) is 14.8. The van der Waals surface area contributed by atoms with Gasteiger partial charge in [-0.15, -0.1) is 0 Å². The minimum atomic E-state index is -0.128. The zero-order valence-corrected chi connectivity index (χ0v) is 11.7. The van der Waals surface area contributed by atoms with E-state index in [-0.39, 0.29) is 11.2 Å². The fourth-order valence-corrected chi connectivity index (χ4v) is 2.28. The third-order valence-electron chi connectivity index (χ3n) is 3.57. The van der Waals surface area contributed by atoms with Gasteiger partial charge >= 0.3 is 0 Å². The summed E-state index contributed by atoms with van der Waals surface area (Å²) in [5, 5.41) is 0. The van der Waals surface area contributed by atoms with Crippen molar-refractivity contribution in [2.75, 3.05) is 26.2 Å². The summed E-state index contributed by atoms with van der Waals surface area (Å²) in [4.78, 5) is 2.34. The standard InChI is InChI=1S/C15H25FN2/c1-4-18(5-2)12-15(3,11-17)10-13-8-6-7-9-14(13)16/h6-9H,4-5,10-12,17H2,1-3H3. The summed E-state index contributed by atoms with van der Waals surface area (Å²) in [6.45, 7) is 9.90. The molecule has 1 atom stereocenters. The predicted octanol–water partition coefficient (Wildman–Crippen LogP) is 2.68. The molecule has 0 spiro atoms. The van der Waals surface area contributed by atoms with Crippen LogP contribution < -0.4 is 5.73 Å². The summed E-state index contributed by atoms with van der Waals surface area (Å²) in [5.74, 6) is -0.128. The molecule has 18 heavy (non-hydrogen) atoms. The van der Waals surface area contributed by atoms with Gasteiger partial charge in [-0.2, -0.15) is 0 Å². The Labute approximate surface area is 110 Å². The Hall–Kier alpha value is -0.930. The summed E-state index contributed by atoms with van der Waals surface area (Å²) in [7, 11) is 0. The Morgan fingerprint density at radius 1 is 1.22 bits per heavy atom. The maximum atomic E-state index is 13.7. The molecule has 0 heterocycles. The van der Waals surface area contributed by atoms with Gasteiger partial charge in [-0.05, 0) is 43.1 Å². The van der Waals surface area contributed by atoms with Crippen molar-refractivity contribution < 1.29 is 4.39 Å². The third-order valence-corrected chi connectivity index (χ3v) is 3.57. The number of hydrogen-bond donors (Lipinski definition) is 1. The molecule has 0 saturated carbocycles. The van der Waals surface area contributed by atoms with Crippen LogP contribution in [-0.4, -0.2) is 31.1 Å². The zero-order valence-electron chi connectivity index (χ0n) is 11.7. The number of benzene rings is 1. The molecule has 0 fully saturated rings. The van der Waals surface area contributed by atoms with Gasteiger partial charge < -0.3 is 10.6 Å². The first kappa shape index (κ1) is 15.1. The van der Waals surface area contributed by atoms with Crippen molar-refractivity contribution in [2.45, 2.75) is 27.2 Å². The molecule has 0 aliphatic rings. The number of hydrogen-bond acceptors (Lipinski definition) is 2. The quantitative estimate of drug-likeness (QED) is 0.808. The first-order chi connectivity index (χ1) is 8.54. The maximum absolute atomic E-state index is 13.7. The molecule has 3 heteroatoms. The fraction of sp³-hybridized carbons (Fsp3) is 0.600. The van der Waals surface area contributed by atoms with Crippen molar-refractivity contribution in [3.63, 3.8) is 0 Å². The molecule has 0 aliphatic heterocycles. The van der Waals surface area contributed by atoms with Gasteiger partial charge in [-0.3, -0.25) is 0 Å². The second kappa shape index (κ2) is 6.86. The fourth-order valence-electron chi connectivity index (χ4n) is 2.28. The van der Waals surface area contributed by atoms with Crippen molar-refractivity contribution in [1.82, 2.24) is 4.90 Å². The van der Waals surface area contributed by atoms with E-state index in [1.54, 1.807) is 6.07 Å². The van der Waals surface area contributed by atoms with E-state index in [0.717, 1.165) is 25.2 Å². The first-order valence-electron chi connectivity index (χ1n) is 6.70. The van der Waals surface area contributed by atoms with Crippen LogP contribution in [0.5, 0.6) is 0 Å². The third kappa shape index (κ3) is 4.07. The second-order valence-corrected chi connectivity index (χ2v) is 5.24. The molecular formula is C15H25FN2. The lowest BCUT2D eigenvalue weighted by Crippen LogP contribution is -2.42. The molecule has 0 radical (unpaired) electrons. The smallest absolute Gasteiger partial charge is 0.126 e. The van der Waals surface area contributed by atoms with Gasteiger partial charge in [0, 0.05) is 6.54 Å². The van der Waals surface area contributed by atoms with Crippen LogP contribution in [0.3, 0.4) is 0 Å². The Kier molecular flexibility index (Phi) is 5.76. The van der Waals surface area contributed by atoms with Gasteiger partial charge in [-0.25, -0.2) is 4.39 Å². The number of nitrogens with two attached hydrogens (primary N) is 1. The maximum Gasteiger partial charge on any atom is 0.126 e. The minimum Gasteiger partial charge on any atom is -0.330 e. The average molecular weight is 252 g/mol. The zero-order chi connectivity index (χ0) is 13.6. The molecule has 1 rings (SSSR count). The van der Waals surface area contributed by atoms with E-state index in [2.05, 4.69) is 25.7 Å². The Morgan fingerprint density at radius 2 is 1.83 bits per heavy atom. The highest BCUT2D eigenvalue weighted by Crippen LogP contribution is 2.24. The Bertz CT molecular complexity index is 363. The highest BCUT2D eigenvalue weighted by molar-refractivity contribution is 5.19. The molecule has 102 valence electrons. The van der Waals surface area contributed by atoms with E-state index in [1.165, 1.54) is 6.07 Å². The lowest BCUT2D eigenvalue weighted by atomic mass is 9.83. The van der Waals surface area contributed by atoms with E-state index in [4.69, 9.17) is 5.73 Å². The number of nitrogens with zero attached hydrogens (tertiary/aromatic N) is 1. The van der Waals surface area contributed by atoms with Crippen LogP contribution in [0.15, 0.2) is 24.3 Å². The van der Waals surface area contributed by atoms with E-state index in [0.29, 0.717) is 13.0 Å². The summed E-state index contributed by atoms with van der Waals surface area (Å²) in [6, 6.07) is 6.98. The SMILES string of the molecule is CCN(CC)CC(C)(CN)Cc1ccccc1F. The van der Waals surface area contributed by atoms with Gasteiger partial charge in [-0.1, -0.05) is 39.0 Å². The summed E-state index contributed by atoms with van der Waals surface area (Å²) < 4.78 is 13.7. The topological polar surface area (TPSA) is 29.3 Å². The molecule has 0 aromatic heterocycles. The second-order valence-electron chi connectivity index (χ2n) is 5.24. The van der Waals surface area contributed by atoms with E-state index in [9.17, 15) is 4.39 Å². The molecule has 0 bridgehead atoms. The molecular weight excluding hydrogens is 227 g/mol. The van der Waals surface area contributed by atoms with Crippen molar-refractivity contribution in [2.24, 2.45) is 11.1 Å². The van der Waals surface area contributed by atoms with Crippen LogP contribution in [0.1, 0.15) is 26.3 Å². The summed E-state index contributed by atoms with van der Waals surface area (Å²) in [6.07, 6.45) is 0.687. The van der Waals surface area contributed by atoms with Crippen molar-refractivity contribution in [1.29, 1.82) is 0 Å². The van der Waals surface area contributed by atoms with Crippen LogP contribution in [-0.2, 0) is 6.42 Å². The minimum absolute atomic E-state index is 0.0752. The lowest BCUT2D eigenvalue weighted by Gasteiger charge is -2.34. The monoisotopic (exact) mass is 252 g/mol. The van der Waals surface area contributed by atoms with Crippen LogP contribution in [0.2, 0.25) is 0 Å². The molecule has 1 aromatic rings. The molecule has 0 saturated heterocycles. The van der Waals surface area contributed by atoms with Crippen LogP contribution in [0.25, 0.3) is 0 Å². The number of halogens is 1. The van der Waals surface area contributed by atoms with Crippen LogP contribution in [0, 0.1) is 11.2 Å². The predicted molar refractivity (Wildman–Crippen MR) is 75.1 cm³/mol. The molecule has 1 aromatic carbocycles. The van der Waals surface area contributed by atoms with Gasteiger partial charge in [0.1, 0.15) is 5.82 Å². The average Bonchev–Trinajstić information content (AvgIpc) is 2.39. The highest BCUT2D eigenvalue weighted by atomic mass is 19.1. The van der Waals surface area contributed by atoms with E-state index in [1.807, 2.05) is 12.1 Å². The van der Waals surface area contributed by atoms with Crippen molar-refractivity contribution in [3.05, 3.63) is 35.6 Å². The van der Waals surface area contributed by atoms with Crippen molar-refractivity contribution >= 4 is 0 Å². The molecule has 0 aliphatic carbocycles. The lowest BCUT2D eigenvalue weighted by molar-refractivity contribution is 0.180. The summed E-state index contributed by atoms with van der Waals surface area (Å²) in [5.41, 5.74) is 6.60. The van der Waals surface area contributed by atoms with E-state index >= 15 is 0 Å². The van der Waals surface area contributed by atoms with Crippen LogP contribution in [0.4, 0.5) is 4.39 Å². The molecule has 0 amide bonds. The van der Waals surface area contributed by atoms with E-state index < -0.39 is 0 Å². The molecule has 1 unspecified atom stereocenters. The Balaban J connectivity index is 2.79. The Morgan fingerprint density at radius 3 is 2.33 bits per heavy atom. The van der Waals surface area contributed by atoms with Gasteiger partial charge in [0.2, 0.25) is 0 Å². The summed E-state index contributed by atoms with van der Waals surface area (Å²) >= 11 is 0. The van der Waals surface area contributed by atoms with Crippen LogP contribution >= 0.6 is 0 Å². The van der Waals surface area contributed by atoms with Gasteiger partial charge in [0.15, 0.2) is 0 Å². The molecule has 2 nitrogen and oxygen atoms in total. The largest absolute Gasteiger partial charge is 0.330 e. The van der Waals surface area contributed by atoms with Gasteiger partial charge in [0.05, 0.1) is 0 Å². The van der Waals surface area contributed by atoms with Crippen molar-refractivity contribution in [3.8, 4) is 0 Å². The van der Waals surface area contributed by atoms with Gasteiger partial charge in [0.25, 0.3) is 0 Å². The number of rotatable bonds is 7. The first-order valence-corrected chi connectivity index (χ1v) is 6.70. The highest BCUT2D eigenvalue weighted by Gasteiger charge is 2.26. The molecule has 2 N–H and O–H groups in total.